The normalized spacial score (nSPS) is 11.4. The molecule has 0 fully saturated rings. The summed E-state index contributed by atoms with van der Waals surface area (Å²) in [5, 5.41) is 1.23. The number of hydrogen-bond donors (Lipinski definition) is 0. The van der Waals surface area contributed by atoms with Crippen LogP contribution in [0, 0.1) is 18.8 Å². The third-order valence-corrected chi connectivity index (χ3v) is 4.83. The molecule has 3 aromatic rings. The molecule has 0 saturated heterocycles. The Morgan fingerprint density at radius 1 is 0.897 bits per heavy atom. The number of hydrogen-bond acceptors (Lipinski definition) is 3. The van der Waals surface area contributed by atoms with Crippen LogP contribution in [0.4, 0.5) is 0 Å². The van der Waals surface area contributed by atoms with Crippen LogP contribution >= 0.6 is 0 Å². The van der Waals surface area contributed by atoms with Gasteiger partial charge in [-0.2, -0.15) is 0 Å². The molecule has 0 aliphatic carbocycles. The number of carbonyl (C=O) groups is 1. The highest BCUT2D eigenvalue weighted by atomic mass is 16.4. The lowest BCUT2D eigenvalue weighted by Gasteiger charge is -2.26. The quantitative estimate of drug-likeness (QED) is 0.556. The lowest BCUT2D eigenvalue weighted by molar-refractivity contribution is 0.0680. The van der Waals surface area contributed by atoms with Gasteiger partial charge in [0.15, 0.2) is 0 Å². The molecule has 3 rings (SSSR count). The molecule has 1 amide bonds. The van der Waals surface area contributed by atoms with Crippen LogP contribution < -0.4 is 5.63 Å². The number of aryl methyl sites for hydroxylation is 1. The van der Waals surface area contributed by atoms with E-state index in [1.54, 1.807) is 11.0 Å². The Kier molecular flexibility index (Phi) is 6.21. The molecule has 0 aliphatic rings. The molecule has 2 aromatic carbocycles. The predicted molar refractivity (Wildman–Crippen MR) is 118 cm³/mol. The molecule has 1 heterocycles. The molecule has 4 heteroatoms. The zero-order valence-electron chi connectivity index (χ0n) is 17.9. The van der Waals surface area contributed by atoms with Crippen molar-refractivity contribution in [2.45, 2.75) is 34.6 Å². The lowest BCUT2D eigenvalue weighted by atomic mass is 9.97. The summed E-state index contributed by atoms with van der Waals surface area (Å²) < 4.78 is 5.67. The fourth-order valence-corrected chi connectivity index (χ4v) is 3.62. The largest absolute Gasteiger partial charge is 0.416 e. The van der Waals surface area contributed by atoms with Gasteiger partial charge in [-0.1, -0.05) is 75.7 Å². The molecule has 4 nitrogen and oxygen atoms in total. The topological polar surface area (TPSA) is 50.5 Å². The number of benzene rings is 2. The van der Waals surface area contributed by atoms with Gasteiger partial charge >= 0.3 is 5.63 Å². The van der Waals surface area contributed by atoms with Crippen molar-refractivity contribution in [3.63, 3.8) is 0 Å². The van der Waals surface area contributed by atoms with Gasteiger partial charge < -0.3 is 9.32 Å². The van der Waals surface area contributed by atoms with Crippen molar-refractivity contribution in [1.82, 2.24) is 4.90 Å². The zero-order valence-corrected chi connectivity index (χ0v) is 17.9. The lowest BCUT2D eigenvalue weighted by Crippen LogP contribution is -2.37. The van der Waals surface area contributed by atoms with Crippen molar-refractivity contribution >= 4 is 16.7 Å². The molecule has 152 valence electrons. The summed E-state index contributed by atoms with van der Waals surface area (Å²) in [6, 6.07) is 15.3. The number of fused-ring (bicyclic) bond motifs is 1. The van der Waals surface area contributed by atoms with Crippen LogP contribution in [0.15, 0.2) is 57.7 Å². The Bertz CT molecular complexity index is 1050. The molecule has 0 atom stereocenters. The minimum absolute atomic E-state index is 0.124. The Labute approximate surface area is 172 Å². The fraction of sp³-hybridized carbons (Fsp3) is 0.360. The maximum Gasteiger partial charge on any atom is 0.344 e. The second-order valence-electron chi connectivity index (χ2n) is 8.50. The first-order valence-electron chi connectivity index (χ1n) is 10.2. The van der Waals surface area contributed by atoms with E-state index in [1.165, 1.54) is 0 Å². The molecule has 0 radical (unpaired) electrons. The first-order chi connectivity index (χ1) is 13.8. The minimum atomic E-state index is -0.478. The van der Waals surface area contributed by atoms with Gasteiger partial charge in [0, 0.05) is 24.0 Å². The van der Waals surface area contributed by atoms with E-state index in [9.17, 15) is 9.59 Å². The maximum atomic E-state index is 13.6. The van der Waals surface area contributed by atoms with Gasteiger partial charge in [-0.3, -0.25) is 4.79 Å². The number of amides is 1. The molecule has 29 heavy (non-hydrogen) atoms. The van der Waals surface area contributed by atoms with Gasteiger partial charge in [0.25, 0.3) is 5.91 Å². The summed E-state index contributed by atoms with van der Waals surface area (Å²) >= 11 is 0. The standard InChI is InChI=1S/C25H29NO3/c1-16(2)14-26(15-17(3)4)24(27)23-22(19-12-10-18(5)11-13-19)20-8-6-7-9-21(20)25(28)29-23/h6-13,16-17H,14-15H2,1-5H3. The first-order valence-corrected chi connectivity index (χ1v) is 10.2. The average Bonchev–Trinajstić information content (AvgIpc) is 2.67. The van der Waals surface area contributed by atoms with Gasteiger partial charge in [0.2, 0.25) is 5.76 Å². The van der Waals surface area contributed by atoms with Crippen molar-refractivity contribution in [2.75, 3.05) is 13.1 Å². The summed E-state index contributed by atoms with van der Waals surface area (Å²) in [7, 11) is 0. The van der Waals surface area contributed by atoms with Crippen LogP contribution in [0.5, 0.6) is 0 Å². The Morgan fingerprint density at radius 2 is 1.45 bits per heavy atom. The number of carbonyl (C=O) groups excluding carboxylic acids is 1. The van der Waals surface area contributed by atoms with Gasteiger partial charge in [-0.25, -0.2) is 4.79 Å². The second-order valence-corrected chi connectivity index (χ2v) is 8.50. The summed E-state index contributed by atoms with van der Waals surface area (Å²) in [4.78, 5) is 28.0. The summed E-state index contributed by atoms with van der Waals surface area (Å²) in [5.41, 5.74) is 2.20. The van der Waals surface area contributed by atoms with Crippen molar-refractivity contribution in [2.24, 2.45) is 11.8 Å². The van der Waals surface area contributed by atoms with Crippen molar-refractivity contribution in [1.29, 1.82) is 0 Å². The Hall–Kier alpha value is -2.88. The van der Waals surface area contributed by atoms with Crippen molar-refractivity contribution in [3.8, 4) is 11.1 Å². The van der Waals surface area contributed by atoms with Gasteiger partial charge in [0.05, 0.1) is 5.39 Å². The molecular formula is C25H29NO3. The van der Waals surface area contributed by atoms with Crippen LogP contribution in [0.1, 0.15) is 43.8 Å². The van der Waals surface area contributed by atoms with Gasteiger partial charge in [0.1, 0.15) is 0 Å². The van der Waals surface area contributed by atoms with E-state index in [1.807, 2.05) is 49.4 Å². The second kappa shape index (κ2) is 8.64. The highest BCUT2D eigenvalue weighted by molar-refractivity contribution is 6.07. The molecule has 1 aromatic heterocycles. The van der Waals surface area contributed by atoms with Crippen LogP contribution in [0.3, 0.4) is 0 Å². The third-order valence-electron chi connectivity index (χ3n) is 4.83. The molecule has 0 saturated carbocycles. The van der Waals surface area contributed by atoms with E-state index in [-0.39, 0.29) is 11.7 Å². The van der Waals surface area contributed by atoms with Crippen LogP contribution in [0.2, 0.25) is 0 Å². The molecule has 0 N–H and O–H groups in total. The molecule has 0 unspecified atom stereocenters. The molecule has 0 bridgehead atoms. The number of rotatable bonds is 6. The first kappa shape index (κ1) is 20.8. The number of nitrogens with zero attached hydrogens (tertiary/aromatic N) is 1. The van der Waals surface area contributed by atoms with E-state index in [0.29, 0.717) is 35.9 Å². The highest BCUT2D eigenvalue weighted by Crippen LogP contribution is 2.32. The van der Waals surface area contributed by atoms with E-state index in [4.69, 9.17) is 4.42 Å². The summed E-state index contributed by atoms with van der Waals surface area (Å²) in [6.07, 6.45) is 0. The van der Waals surface area contributed by atoms with Gasteiger partial charge in [-0.15, -0.1) is 0 Å². The minimum Gasteiger partial charge on any atom is -0.416 e. The zero-order chi connectivity index (χ0) is 21.1. The Balaban J connectivity index is 2.25. The van der Waals surface area contributed by atoms with Crippen LogP contribution in [0.25, 0.3) is 21.9 Å². The smallest absolute Gasteiger partial charge is 0.344 e. The van der Waals surface area contributed by atoms with E-state index in [0.717, 1.165) is 16.5 Å². The molecular weight excluding hydrogens is 362 g/mol. The van der Waals surface area contributed by atoms with E-state index < -0.39 is 5.63 Å². The monoisotopic (exact) mass is 391 g/mol. The summed E-state index contributed by atoms with van der Waals surface area (Å²) in [5.74, 6) is 0.519. The van der Waals surface area contributed by atoms with Crippen molar-refractivity contribution < 1.29 is 9.21 Å². The molecule has 0 aliphatic heterocycles. The summed E-state index contributed by atoms with van der Waals surface area (Å²) in [6.45, 7) is 11.6. The third kappa shape index (κ3) is 4.58. The maximum absolute atomic E-state index is 13.6. The SMILES string of the molecule is Cc1ccc(-c2c(C(=O)N(CC(C)C)CC(C)C)oc(=O)c3ccccc23)cc1. The average molecular weight is 392 g/mol. The van der Waals surface area contributed by atoms with Crippen LogP contribution in [-0.2, 0) is 0 Å². The highest BCUT2D eigenvalue weighted by Gasteiger charge is 2.26. The molecule has 0 spiro atoms. The van der Waals surface area contributed by atoms with Crippen molar-refractivity contribution in [3.05, 3.63) is 70.3 Å². The van der Waals surface area contributed by atoms with E-state index in [2.05, 4.69) is 27.7 Å². The van der Waals surface area contributed by atoms with Crippen LogP contribution in [-0.4, -0.2) is 23.9 Å². The fourth-order valence-electron chi connectivity index (χ4n) is 3.62. The Morgan fingerprint density at radius 3 is 2.00 bits per heavy atom. The van der Waals surface area contributed by atoms with E-state index >= 15 is 0 Å². The predicted octanol–water partition coefficient (Wildman–Crippen LogP) is 5.52. The van der Waals surface area contributed by atoms with Gasteiger partial charge in [-0.05, 0) is 30.4 Å².